The van der Waals surface area contributed by atoms with Gasteiger partial charge in [0.15, 0.2) is 0 Å². The molecule has 1 aliphatic heterocycles. The fourth-order valence-electron chi connectivity index (χ4n) is 3.56. The van der Waals surface area contributed by atoms with E-state index >= 15 is 0 Å². The number of aliphatic hydroxyl groups excluding tert-OH is 1. The third-order valence-corrected chi connectivity index (χ3v) is 5.94. The van der Waals surface area contributed by atoms with E-state index in [-0.39, 0.29) is 6.04 Å². The normalized spacial score (nSPS) is 18.4. The van der Waals surface area contributed by atoms with Crippen molar-refractivity contribution in [3.63, 3.8) is 0 Å². The minimum atomic E-state index is -0.668. The van der Waals surface area contributed by atoms with E-state index in [9.17, 15) is 5.11 Å². The number of rotatable bonds is 5. The van der Waals surface area contributed by atoms with Gasteiger partial charge in [0.05, 0.1) is 13.2 Å². The van der Waals surface area contributed by atoms with Crippen molar-refractivity contribution in [2.45, 2.75) is 18.7 Å². The monoisotopic (exact) mass is 378 g/mol. The van der Waals surface area contributed by atoms with Gasteiger partial charge < -0.3 is 9.84 Å². The van der Waals surface area contributed by atoms with Gasteiger partial charge in [0.1, 0.15) is 12.0 Å². The Bertz CT molecular complexity index is 906. The number of methoxy groups -OCH3 is 1. The molecule has 138 valence electrons. The Morgan fingerprint density at radius 3 is 2.70 bits per heavy atom. The fraction of sp³-hybridized carbons (Fsp3) is 0.227. The van der Waals surface area contributed by atoms with Crippen molar-refractivity contribution in [2.24, 2.45) is 0 Å². The lowest BCUT2D eigenvalue weighted by Gasteiger charge is -2.38. The number of pyridine rings is 1. The molecule has 5 heteroatoms. The third-order valence-electron chi connectivity index (χ3n) is 4.94. The molecule has 0 spiro atoms. The molecule has 0 aliphatic carbocycles. The van der Waals surface area contributed by atoms with E-state index in [2.05, 4.69) is 21.3 Å². The summed E-state index contributed by atoms with van der Waals surface area (Å²) in [5, 5.41) is 13.1. The standard InChI is InChI=1S/C22H22N2O2S/c1-26-18-5-2-16(3-6-18)4-7-21(25)24-14-10-20-19(11-15-27-20)22(24)17-8-12-23-13-9-17/h2-9,11-13,15,21-22,25H,10,14H2,1H3/b7-4+. The van der Waals surface area contributed by atoms with Crippen LogP contribution in [0.5, 0.6) is 5.75 Å². The van der Waals surface area contributed by atoms with Crippen LogP contribution in [0.15, 0.2) is 66.3 Å². The maximum Gasteiger partial charge on any atom is 0.127 e. The molecular formula is C22H22N2O2S. The van der Waals surface area contributed by atoms with Crippen LogP contribution in [-0.4, -0.2) is 34.9 Å². The molecular weight excluding hydrogens is 356 g/mol. The Hall–Kier alpha value is -2.47. The van der Waals surface area contributed by atoms with E-state index in [0.29, 0.717) is 0 Å². The summed E-state index contributed by atoms with van der Waals surface area (Å²) in [6.45, 7) is 0.814. The molecule has 0 bridgehead atoms. The van der Waals surface area contributed by atoms with Crippen LogP contribution >= 0.6 is 11.3 Å². The molecule has 3 aromatic rings. The average Bonchev–Trinajstić information content (AvgIpc) is 3.21. The number of hydrogen-bond donors (Lipinski definition) is 1. The van der Waals surface area contributed by atoms with Crippen LogP contribution in [0.1, 0.15) is 27.6 Å². The first-order valence-corrected chi connectivity index (χ1v) is 9.86. The number of fused-ring (bicyclic) bond motifs is 1. The number of aliphatic hydroxyl groups is 1. The van der Waals surface area contributed by atoms with Gasteiger partial charge in [-0.05, 0) is 64.9 Å². The van der Waals surface area contributed by atoms with Gasteiger partial charge in [-0.25, -0.2) is 0 Å². The van der Waals surface area contributed by atoms with Crippen LogP contribution in [0.25, 0.3) is 6.08 Å². The van der Waals surface area contributed by atoms with E-state index in [0.717, 1.165) is 29.8 Å². The molecule has 4 rings (SSSR count). The molecule has 3 heterocycles. The van der Waals surface area contributed by atoms with Gasteiger partial charge in [-0.15, -0.1) is 11.3 Å². The summed E-state index contributed by atoms with van der Waals surface area (Å²) in [5.74, 6) is 0.825. The van der Waals surface area contributed by atoms with Gasteiger partial charge in [-0.1, -0.05) is 18.2 Å². The largest absolute Gasteiger partial charge is 0.497 e. The van der Waals surface area contributed by atoms with Crippen LogP contribution in [0, 0.1) is 0 Å². The molecule has 0 radical (unpaired) electrons. The van der Waals surface area contributed by atoms with Gasteiger partial charge in [-0.3, -0.25) is 9.88 Å². The first-order valence-electron chi connectivity index (χ1n) is 8.98. The van der Waals surface area contributed by atoms with Crippen LogP contribution in [0.3, 0.4) is 0 Å². The molecule has 1 aromatic carbocycles. The number of benzene rings is 1. The predicted molar refractivity (Wildman–Crippen MR) is 109 cm³/mol. The fourth-order valence-corrected chi connectivity index (χ4v) is 4.46. The Morgan fingerprint density at radius 2 is 1.96 bits per heavy atom. The van der Waals surface area contributed by atoms with Crippen molar-refractivity contribution in [1.82, 2.24) is 9.88 Å². The highest BCUT2D eigenvalue weighted by atomic mass is 32.1. The second-order valence-corrected chi connectivity index (χ2v) is 7.52. The molecule has 0 amide bonds. The maximum atomic E-state index is 10.9. The molecule has 2 aromatic heterocycles. The average molecular weight is 378 g/mol. The third kappa shape index (κ3) is 3.81. The Kier molecular flexibility index (Phi) is 5.34. The van der Waals surface area contributed by atoms with Crippen LogP contribution in [0.2, 0.25) is 0 Å². The van der Waals surface area contributed by atoms with Gasteiger partial charge in [0.2, 0.25) is 0 Å². The molecule has 0 saturated heterocycles. The second kappa shape index (κ2) is 8.05. The number of hydrogen-bond acceptors (Lipinski definition) is 5. The van der Waals surface area contributed by atoms with Gasteiger partial charge in [-0.2, -0.15) is 0 Å². The molecule has 2 atom stereocenters. The van der Waals surface area contributed by atoms with E-state index < -0.39 is 6.23 Å². The quantitative estimate of drug-likeness (QED) is 0.725. The molecule has 0 fully saturated rings. The highest BCUT2D eigenvalue weighted by molar-refractivity contribution is 7.10. The molecule has 4 nitrogen and oxygen atoms in total. The summed E-state index contributed by atoms with van der Waals surface area (Å²) in [4.78, 5) is 7.69. The minimum absolute atomic E-state index is 0.0403. The van der Waals surface area contributed by atoms with Crippen molar-refractivity contribution >= 4 is 17.4 Å². The summed E-state index contributed by atoms with van der Waals surface area (Å²) in [6.07, 6.45) is 7.73. The lowest BCUT2D eigenvalue weighted by molar-refractivity contribution is 0.0160. The number of thiophene rings is 1. The highest BCUT2D eigenvalue weighted by Gasteiger charge is 2.32. The molecule has 2 unspecified atom stereocenters. The minimum Gasteiger partial charge on any atom is -0.497 e. The highest BCUT2D eigenvalue weighted by Crippen LogP contribution is 2.38. The Balaban J connectivity index is 1.59. The van der Waals surface area contributed by atoms with Crippen molar-refractivity contribution in [1.29, 1.82) is 0 Å². The smallest absolute Gasteiger partial charge is 0.127 e. The van der Waals surface area contributed by atoms with Crippen molar-refractivity contribution in [2.75, 3.05) is 13.7 Å². The predicted octanol–water partition coefficient (Wildman–Crippen LogP) is 4.13. The molecule has 1 N–H and O–H groups in total. The van der Waals surface area contributed by atoms with Crippen LogP contribution in [0.4, 0.5) is 0 Å². The summed E-state index contributed by atoms with van der Waals surface area (Å²) in [6, 6.07) is 14.1. The summed E-state index contributed by atoms with van der Waals surface area (Å²) in [7, 11) is 1.66. The van der Waals surface area contributed by atoms with Crippen LogP contribution in [-0.2, 0) is 6.42 Å². The zero-order chi connectivity index (χ0) is 18.6. The SMILES string of the molecule is COc1ccc(/C=C/C(O)N2CCc3sccc3C2c2ccncc2)cc1. The van der Waals surface area contributed by atoms with Gasteiger partial charge >= 0.3 is 0 Å². The maximum absolute atomic E-state index is 10.9. The number of nitrogens with zero attached hydrogens (tertiary/aromatic N) is 2. The van der Waals surface area contributed by atoms with Crippen molar-refractivity contribution in [3.8, 4) is 5.75 Å². The second-order valence-electron chi connectivity index (χ2n) is 6.52. The van der Waals surface area contributed by atoms with E-state index in [1.807, 2.05) is 60.9 Å². The van der Waals surface area contributed by atoms with Gasteiger partial charge in [0, 0.05) is 23.8 Å². The van der Waals surface area contributed by atoms with Gasteiger partial charge in [0.25, 0.3) is 0 Å². The van der Waals surface area contributed by atoms with E-state index in [1.165, 1.54) is 10.4 Å². The molecule has 27 heavy (non-hydrogen) atoms. The zero-order valence-corrected chi connectivity index (χ0v) is 16.0. The Morgan fingerprint density at radius 1 is 1.19 bits per heavy atom. The molecule has 1 aliphatic rings. The topological polar surface area (TPSA) is 45.6 Å². The van der Waals surface area contributed by atoms with Crippen molar-refractivity contribution < 1.29 is 9.84 Å². The summed E-state index contributed by atoms with van der Waals surface area (Å²) in [5.41, 5.74) is 3.47. The first kappa shape index (κ1) is 17.9. The first-order chi connectivity index (χ1) is 13.3. The lowest BCUT2D eigenvalue weighted by atomic mass is 9.93. The van der Waals surface area contributed by atoms with E-state index in [1.54, 1.807) is 18.4 Å². The van der Waals surface area contributed by atoms with E-state index in [4.69, 9.17) is 4.74 Å². The number of ether oxygens (including phenoxy) is 1. The zero-order valence-electron chi connectivity index (χ0n) is 15.2. The van der Waals surface area contributed by atoms with Crippen molar-refractivity contribution in [3.05, 3.63) is 87.9 Å². The summed E-state index contributed by atoms with van der Waals surface area (Å²) >= 11 is 1.80. The number of aromatic nitrogens is 1. The Labute approximate surface area is 163 Å². The molecule has 0 saturated carbocycles. The van der Waals surface area contributed by atoms with Crippen LogP contribution < -0.4 is 4.74 Å². The lowest BCUT2D eigenvalue weighted by Crippen LogP contribution is -2.41. The summed E-state index contributed by atoms with van der Waals surface area (Å²) < 4.78 is 5.19.